The molecule has 86 valence electrons. The van der Waals surface area contributed by atoms with Gasteiger partial charge in [0, 0.05) is 11.9 Å². The largest absolute Gasteiger partial charge is 0.390 e. The van der Waals surface area contributed by atoms with Gasteiger partial charge >= 0.3 is 0 Å². The lowest BCUT2D eigenvalue weighted by atomic mass is 10.00. The third-order valence-corrected chi connectivity index (χ3v) is 2.00. The Morgan fingerprint density at radius 1 is 1.27 bits per heavy atom. The Hall–Kier alpha value is -0.890. The number of rotatable bonds is 3. The van der Waals surface area contributed by atoms with Gasteiger partial charge in [0.05, 0.1) is 5.60 Å². The van der Waals surface area contributed by atoms with Crippen LogP contribution in [0.4, 0.5) is 0 Å². The van der Waals surface area contributed by atoms with Crippen molar-refractivity contribution in [3.8, 4) is 0 Å². The first-order valence-corrected chi connectivity index (χ1v) is 5.61. The van der Waals surface area contributed by atoms with Crippen molar-refractivity contribution in [1.29, 1.82) is 0 Å². The molecule has 2 nitrogen and oxygen atoms in total. The molecule has 1 N–H and O–H groups in total. The zero-order valence-electron chi connectivity index (χ0n) is 10.5. The highest BCUT2D eigenvalue weighted by atomic mass is 16.3. The van der Waals surface area contributed by atoms with Crippen LogP contribution in [0.2, 0.25) is 0 Å². The predicted molar refractivity (Wildman–Crippen MR) is 64.9 cm³/mol. The maximum Gasteiger partial charge on any atom is 0.0594 e. The second kappa shape index (κ2) is 6.57. The number of nitrogens with zero attached hydrogens (tertiary/aromatic N) is 1. The number of pyridine rings is 1. The summed E-state index contributed by atoms with van der Waals surface area (Å²) in [5, 5.41) is 9.51. The Bertz CT molecular complexity index is 259. The zero-order chi connectivity index (χ0) is 11.9. The van der Waals surface area contributed by atoms with Crippen molar-refractivity contribution >= 4 is 0 Å². The summed E-state index contributed by atoms with van der Waals surface area (Å²) in [6.07, 6.45) is 3.54. The molecule has 0 aliphatic carbocycles. The predicted octanol–water partition coefficient (Wildman–Crippen LogP) is 3.12. The van der Waals surface area contributed by atoms with Gasteiger partial charge in [-0.25, -0.2) is 0 Å². The normalized spacial score (nSPS) is 10.5. The lowest BCUT2D eigenvalue weighted by molar-refractivity contribution is 0.0714. The molecule has 2 heteroatoms. The van der Waals surface area contributed by atoms with Crippen molar-refractivity contribution in [3.05, 3.63) is 29.6 Å². The van der Waals surface area contributed by atoms with Gasteiger partial charge in [-0.3, -0.25) is 4.98 Å². The van der Waals surface area contributed by atoms with E-state index < -0.39 is 5.60 Å². The Morgan fingerprint density at radius 2 is 1.87 bits per heavy atom. The molecule has 0 amide bonds. The molecule has 1 aromatic rings. The van der Waals surface area contributed by atoms with Crippen LogP contribution in [0.1, 0.15) is 45.4 Å². The Balaban J connectivity index is 0.000000921. The minimum absolute atomic E-state index is 0.578. The monoisotopic (exact) mass is 209 g/mol. The van der Waals surface area contributed by atoms with E-state index in [2.05, 4.69) is 11.1 Å². The van der Waals surface area contributed by atoms with Gasteiger partial charge in [-0.1, -0.05) is 19.9 Å². The Kier molecular flexibility index (Phi) is 6.18. The van der Waals surface area contributed by atoms with Crippen LogP contribution in [-0.4, -0.2) is 15.7 Å². The third-order valence-electron chi connectivity index (χ3n) is 2.00. The molecule has 0 atom stereocenters. The molecule has 0 aromatic carbocycles. The molecule has 0 aliphatic rings. The Labute approximate surface area is 93.4 Å². The van der Waals surface area contributed by atoms with Crippen LogP contribution >= 0.6 is 0 Å². The number of aryl methyl sites for hydroxylation is 2. The first-order chi connectivity index (χ1) is 6.97. The minimum atomic E-state index is -0.578. The zero-order valence-corrected chi connectivity index (χ0v) is 10.5. The van der Waals surface area contributed by atoms with Crippen molar-refractivity contribution in [2.75, 3.05) is 0 Å². The fourth-order valence-electron chi connectivity index (χ4n) is 1.10. The molecule has 1 aromatic heterocycles. The van der Waals surface area contributed by atoms with Gasteiger partial charge in [0.1, 0.15) is 0 Å². The van der Waals surface area contributed by atoms with E-state index in [1.807, 2.05) is 46.9 Å². The average molecular weight is 209 g/mol. The maximum atomic E-state index is 9.51. The summed E-state index contributed by atoms with van der Waals surface area (Å²) in [5.74, 6) is 0. The summed E-state index contributed by atoms with van der Waals surface area (Å²) in [5.41, 5.74) is 1.64. The first kappa shape index (κ1) is 14.1. The van der Waals surface area contributed by atoms with Gasteiger partial charge in [-0.2, -0.15) is 0 Å². The minimum Gasteiger partial charge on any atom is -0.390 e. The second-order valence-electron chi connectivity index (χ2n) is 4.12. The van der Waals surface area contributed by atoms with Crippen LogP contribution in [0.25, 0.3) is 0 Å². The summed E-state index contributed by atoms with van der Waals surface area (Å²) < 4.78 is 0. The average Bonchev–Trinajstić information content (AvgIpc) is 2.19. The van der Waals surface area contributed by atoms with Gasteiger partial charge in [-0.05, 0) is 45.2 Å². The fraction of sp³-hybridized carbons (Fsp3) is 0.615. The molecule has 0 aliphatic heterocycles. The van der Waals surface area contributed by atoms with E-state index in [-0.39, 0.29) is 0 Å². The summed E-state index contributed by atoms with van der Waals surface area (Å²) in [4.78, 5) is 4.20. The van der Waals surface area contributed by atoms with Crippen LogP contribution in [0.3, 0.4) is 0 Å². The molecule has 0 spiro atoms. The molecule has 15 heavy (non-hydrogen) atoms. The fourth-order valence-corrected chi connectivity index (χ4v) is 1.10. The molecule has 0 saturated heterocycles. The molecular formula is C13H23NO. The van der Waals surface area contributed by atoms with Crippen molar-refractivity contribution in [2.45, 2.75) is 53.1 Å². The van der Waals surface area contributed by atoms with Crippen LogP contribution < -0.4 is 0 Å². The number of aromatic nitrogens is 1. The smallest absolute Gasteiger partial charge is 0.0594 e. The molecular weight excluding hydrogens is 186 g/mol. The Morgan fingerprint density at radius 3 is 2.27 bits per heavy atom. The van der Waals surface area contributed by atoms with Crippen LogP contribution in [0.15, 0.2) is 18.3 Å². The van der Waals surface area contributed by atoms with E-state index in [9.17, 15) is 5.11 Å². The van der Waals surface area contributed by atoms with Crippen LogP contribution in [0.5, 0.6) is 0 Å². The first-order valence-electron chi connectivity index (χ1n) is 5.61. The molecule has 0 fully saturated rings. The molecule has 1 rings (SSSR count). The summed E-state index contributed by atoms with van der Waals surface area (Å²) in [6.45, 7) is 9.63. The van der Waals surface area contributed by atoms with Gasteiger partial charge in [-0.15, -0.1) is 0 Å². The highest BCUT2D eigenvalue weighted by Crippen LogP contribution is 2.12. The standard InChI is InChI=1S/C11H17NO.C2H6/c1-9-4-5-10(8-12-9)6-7-11(2,3)13;1-2/h4-5,8,13H,6-7H2,1-3H3;1-2H3. The lowest BCUT2D eigenvalue weighted by Gasteiger charge is -2.16. The topological polar surface area (TPSA) is 33.1 Å². The summed E-state index contributed by atoms with van der Waals surface area (Å²) in [7, 11) is 0. The number of aliphatic hydroxyl groups is 1. The van der Waals surface area contributed by atoms with Crippen LogP contribution in [0, 0.1) is 6.92 Å². The van der Waals surface area contributed by atoms with Crippen LogP contribution in [-0.2, 0) is 6.42 Å². The van der Waals surface area contributed by atoms with E-state index >= 15 is 0 Å². The van der Waals surface area contributed by atoms with E-state index in [1.165, 1.54) is 5.56 Å². The van der Waals surface area contributed by atoms with Gasteiger partial charge < -0.3 is 5.11 Å². The van der Waals surface area contributed by atoms with Gasteiger partial charge in [0.2, 0.25) is 0 Å². The quantitative estimate of drug-likeness (QED) is 0.829. The molecule has 1 heterocycles. The highest BCUT2D eigenvalue weighted by molar-refractivity contribution is 5.13. The third kappa shape index (κ3) is 7.09. The van der Waals surface area contributed by atoms with Gasteiger partial charge in [0.15, 0.2) is 0 Å². The number of hydrogen-bond acceptors (Lipinski definition) is 2. The van der Waals surface area contributed by atoms with E-state index in [4.69, 9.17) is 0 Å². The summed E-state index contributed by atoms with van der Waals surface area (Å²) in [6, 6.07) is 4.06. The second-order valence-corrected chi connectivity index (χ2v) is 4.12. The van der Waals surface area contributed by atoms with Crippen molar-refractivity contribution in [2.24, 2.45) is 0 Å². The molecule has 0 radical (unpaired) electrons. The maximum absolute atomic E-state index is 9.51. The molecule has 0 saturated carbocycles. The lowest BCUT2D eigenvalue weighted by Crippen LogP contribution is -2.19. The molecule has 0 unspecified atom stereocenters. The highest BCUT2D eigenvalue weighted by Gasteiger charge is 2.11. The summed E-state index contributed by atoms with van der Waals surface area (Å²) >= 11 is 0. The van der Waals surface area contributed by atoms with Crippen molar-refractivity contribution in [1.82, 2.24) is 4.98 Å². The molecule has 0 bridgehead atoms. The van der Waals surface area contributed by atoms with Gasteiger partial charge in [0.25, 0.3) is 0 Å². The van der Waals surface area contributed by atoms with Crippen molar-refractivity contribution < 1.29 is 5.11 Å². The number of hydrogen-bond donors (Lipinski definition) is 1. The SMILES string of the molecule is CC.Cc1ccc(CCC(C)(C)O)cn1. The van der Waals surface area contributed by atoms with E-state index in [0.29, 0.717) is 0 Å². The van der Waals surface area contributed by atoms with E-state index in [1.54, 1.807) is 0 Å². The van der Waals surface area contributed by atoms with E-state index in [0.717, 1.165) is 18.5 Å². The van der Waals surface area contributed by atoms with Crippen molar-refractivity contribution in [3.63, 3.8) is 0 Å².